The Balaban J connectivity index is 0.000000191. The molecule has 8 aromatic rings. The maximum atomic E-state index is 12.4. The number of hydrogen-bond acceptors (Lipinski definition) is 12. The first-order valence-corrected chi connectivity index (χ1v) is 21.5. The minimum atomic E-state index is -4.78. The number of aromatic nitrogens is 6. The van der Waals surface area contributed by atoms with Gasteiger partial charge in [0.25, 0.3) is 17.3 Å². The van der Waals surface area contributed by atoms with Crippen LogP contribution < -0.4 is 20.6 Å². The molecule has 14 nitrogen and oxygen atoms in total. The van der Waals surface area contributed by atoms with Gasteiger partial charge in [0.2, 0.25) is 17.2 Å². The lowest BCUT2D eigenvalue weighted by Gasteiger charge is -2.18. The highest BCUT2D eigenvalue weighted by Crippen LogP contribution is 2.29. The number of nitrogens with zero attached hydrogens (tertiary/aromatic N) is 5. The van der Waals surface area contributed by atoms with Gasteiger partial charge >= 0.3 is 12.7 Å². The zero-order valence-electron chi connectivity index (χ0n) is 36.8. The van der Waals surface area contributed by atoms with Crippen LogP contribution in [0.15, 0.2) is 152 Å². The summed E-state index contributed by atoms with van der Waals surface area (Å²) in [5, 5.41) is 28.4. The molecule has 0 unspecified atom stereocenters. The summed E-state index contributed by atoms with van der Waals surface area (Å²) in [6, 6.07) is 31.1. The lowest BCUT2D eigenvalue weighted by Crippen LogP contribution is -2.20. The van der Waals surface area contributed by atoms with Crippen molar-refractivity contribution >= 4 is 15.9 Å². The Labute approximate surface area is 397 Å². The molecule has 360 valence electrons. The number of hydrogen-bond donors (Lipinski definition) is 3. The van der Waals surface area contributed by atoms with Crippen LogP contribution in [-0.4, -0.2) is 52.8 Å². The second kappa shape index (κ2) is 21.3. The number of aromatic amines is 1. The van der Waals surface area contributed by atoms with Crippen LogP contribution in [0.2, 0.25) is 0 Å². The van der Waals surface area contributed by atoms with Crippen LogP contribution in [0.4, 0.5) is 26.3 Å². The molecule has 0 saturated carbocycles. The number of ether oxygens (including phenoxy) is 2. The molecule has 0 amide bonds. The van der Waals surface area contributed by atoms with Crippen LogP contribution in [0, 0.1) is 0 Å². The van der Waals surface area contributed by atoms with E-state index in [4.69, 9.17) is 9.05 Å². The van der Waals surface area contributed by atoms with E-state index in [9.17, 15) is 46.1 Å². The Hall–Kier alpha value is -7.36. The Morgan fingerprint density at radius 2 is 1.06 bits per heavy atom. The maximum Gasteiger partial charge on any atom is 0.573 e. The molecule has 0 atom stereocenters. The molecule has 69 heavy (non-hydrogen) atoms. The fraction of sp³-hybridized carbons (Fsp3) is 0.208. The van der Waals surface area contributed by atoms with Crippen molar-refractivity contribution in [2.45, 2.75) is 63.5 Å². The van der Waals surface area contributed by atoms with Gasteiger partial charge < -0.3 is 38.3 Å². The summed E-state index contributed by atoms with van der Waals surface area (Å²) in [5.41, 5.74) is 3.33. The average molecular weight is 1020 g/mol. The second-order valence-electron chi connectivity index (χ2n) is 16.0. The zero-order valence-corrected chi connectivity index (χ0v) is 38.4. The number of halogens is 7. The highest BCUT2D eigenvalue weighted by molar-refractivity contribution is 9.08. The number of alkyl halides is 7. The van der Waals surface area contributed by atoms with Crippen LogP contribution >= 0.6 is 15.9 Å². The molecule has 8 rings (SSSR count). The summed E-state index contributed by atoms with van der Waals surface area (Å²) in [6.45, 7) is 7.21. The first-order valence-electron chi connectivity index (χ1n) is 20.4. The average Bonchev–Trinajstić information content (AvgIpc) is 3.99. The van der Waals surface area contributed by atoms with Crippen molar-refractivity contribution in [1.82, 2.24) is 29.8 Å². The molecule has 0 radical (unpaired) electrons. The Bertz CT molecular complexity index is 3060. The summed E-state index contributed by atoms with van der Waals surface area (Å²) in [4.78, 5) is 34.3. The normalized spacial score (nSPS) is 11.8. The Morgan fingerprint density at radius 3 is 1.51 bits per heavy atom. The van der Waals surface area contributed by atoms with Crippen LogP contribution in [0.3, 0.4) is 0 Å². The van der Waals surface area contributed by atoms with Gasteiger partial charge in [0.05, 0.1) is 28.9 Å². The summed E-state index contributed by atoms with van der Waals surface area (Å²) >= 11 is 3.38. The smallest absolute Gasteiger partial charge is 0.406 e. The molecular formula is C48H41BrF6N6O8. The first kappa shape index (κ1) is 51.0. The standard InChI is InChI=1S/C24H20F3N3O4.C14H8F3N3O3.C10H13BrO/c1-23(2,32)18-5-3-4-15(12-18)13-30-14-17(8-11-20(30)31)22-28-21(29-34-22)16-6-9-19(10-7-16)33-24(25,26)27;15-14(16,17)22-10-4-1-8(2-5-10)12-19-13(23-20-12)9-3-6-11(21)18-7-9;1-10(2,12)9-5-3-4-8(6-9)7-11/h3-12,14,32H,13H2,1-2H3;1-7H,(H,18,21);3-6,12H,7H2,1-2H3. The molecule has 0 spiro atoms. The number of pyridine rings is 2. The van der Waals surface area contributed by atoms with Crippen molar-refractivity contribution in [1.29, 1.82) is 0 Å². The van der Waals surface area contributed by atoms with Crippen molar-refractivity contribution in [3.63, 3.8) is 0 Å². The number of rotatable bonds is 11. The van der Waals surface area contributed by atoms with Gasteiger partial charge in [0.15, 0.2) is 0 Å². The highest BCUT2D eigenvalue weighted by Gasteiger charge is 2.32. The zero-order chi connectivity index (χ0) is 50.1. The fourth-order valence-electron chi connectivity index (χ4n) is 6.13. The van der Waals surface area contributed by atoms with E-state index >= 15 is 0 Å². The van der Waals surface area contributed by atoms with E-state index in [0.717, 1.165) is 46.3 Å². The predicted octanol–water partition coefficient (Wildman–Crippen LogP) is 10.5. The number of H-pyrrole nitrogens is 1. The van der Waals surface area contributed by atoms with Crippen LogP contribution in [0.5, 0.6) is 11.5 Å². The SMILES string of the molecule is CC(C)(O)c1cccc(CBr)c1.CC(C)(O)c1cccc(Cn2cc(-c3nc(-c4ccc(OC(F)(F)F)cc4)no3)ccc2=O)c1.O=c1ccc(-c2nc(-c3ccc(OC(F)(F)F)cc3)no2)c[nH]1. The van der Waals surface area contributed by atoms with Gasteiger partial charge in [-0.05, 0) is 111 Å². The monoisotopic (exact) mass is 1020 g/mol. The third-order valence-electron chi connectivity index (χ3n) is 9.58. The van der Waals surface area contributed by atoms with Gasteiger partial charge in [-0.15, -0.1) is 26.3 Å². The topological polar surface area (TPSA) is 192 Å². The molecule has 21 heteroatoms. The molecule has 0 aliphatic heterocycles. The van der Waals surface area contributed by atoms with E-state index in [1.54, 1.807) is 40.0 Å². The van der Waals surface area contributed by atoms with E-state index in [1.165, 1.54) is 58.8 Å². The van der Waals surface area contributed by atoms with Crippen molar-refractivity contribution in [2.75, 3.05) is 0 Å². The predicted molar refractivity (Wildman–Crippen MR) is 244 cm³/mol. The third-order valence-corrected chi connectivity index (χ3v) is 10.2. The largest absolute Gasteiger partial charge is 0.573 e. The number of nitrogens with one attached hydrogen (secondary N) is 1. The lowest BCUT2D eigenvalue weighted by atomic mass is 9.96. The maximum absolute atomic E-state index is 12.4. The minimum Gasteiger partial charge on any atom is -0.406 e. The van der Waals surface area contributed by atoms with E-state index in [1.807, 2.05) is 48.5 Å². The van der Waals surface area contributed by atoms with Gasteiger partial charge in [0.1, 0.15) is 11.5 Å². The van der Waals surface area contributed by atoms with Gasteiger partial charge in [-0.25, -0.2) is 0 Å². The molecule has 4 aromatic carbocycles. The van der Waals surface area contributed by atoms with Crippen molar-refractivity contribution in [3.05, 3.63) is 177 Å². The molecule has 4 aromatic heterocycles. The van der Waals surface area contributed by atoms with Crippen LogP contribution in [-0.2, 0) is 23.1 Å². The van der Waals surface area contributed by atoms with Crippen molar-refractivity contribution in [3.8, 4) is 57.2 Å². The summed E-state index contributed by atoms with van der Waals surface area (Å²) < 4.78 is 92.8. The van der Waals surface area contributed by atoms with Crippen LogP contribution in [0.25, 0.3) is 45.7 Å². The van der Waals surface area contributed by atoms with Crippen molar-refractivity contribution in [2.24, 2.45) is 0 Å². The number of aliphatic hydroxyl groups is 2. The van der Waals surface area contributed by atoms with E-state index in [-0.39, 0.29) is 52.6 Å². The molecule has 4 heterocycles. The third kappa shape index (κ3) is 15.1. The Kier molecular flexibility index (Phi) is 15.8. The molecule has 0 aliphatic rings. The summed E-state index contributed by atoms with van der Waals surface area (Å²) in [5.74, 6) is -0.0169. The van der Waals surface area contributed by atoms with Gasteiger partial charge in [-0.3, -0.25) is 9.59 Å². The van der Waals surface area contributed by atoms with Crippen molar-refractivity contribution < 1.29 is 55.1 Å². The molecule has 0 fully saturated rings. The Morgan fingerprint density at radius 1 is 0.609 bits per heavy atom. The van der Waals surface area contributed by atoms with Gasteiger partial charge in [-0.2, -0.15) is 9.97 Å². The van der Waals surface area contributed by atoms with E-state index < -0.39 is 23.9 Å². The minimum absolute atomic E-state index is 0.143. The molecule has 0 aliphatic carbocycles. The highest BCUT2D eigenvalue weighted by atomic mass is 79.9. The number of benzene rings is 4. The van der Waals surface area contributed by atoms with E-state index in [2.05, 4.69) is 50.7 Å². The molecule has 3 N–H and O–H groups in total. The molecule has 0 saturated heterocycles. The summed E-state index contributed by atoms with van der Waals surface area (Å²) in [6.07, 6.45) is -6.53. The molecule has 0 bridgehead atoms. The first-order chi connectivity index (χ1) is 32.4. The molecular weight excluding hydrogens is 982 g/mol. The van der Waals surface area contributed by atoms with Crippen LogP contribution in [0.1, 0.15) is 49.9 Å². The second-order valence-corrected chi connectivity index (χ2v) is 16.5. The van der Waals surface area contributed by atoms with Gasteiger partial charge in [0, 0.05) is 41.0 Å². The van der Waals surface area contributed by atoms with Gasteiger partial charge in [-0.1, -0.05) is 74.8 Å². The summed E-state index contributed by atoms with van der Waals surface area (Å²) in [7, 11) is 0. The quantitative estimate of drug-likeness (QED) is 0.0822. The lowest BCUT2D eigenvalue weighted by molar-refractivity contribution is -0.275. The van der Waals surface area contributed by atoms with E-state index in [0.29, 0.717) is 22.3 Å². The fourth-order valence-corrected chi connectivity index (χ4v) is 6.48.